The molecular weight excluding hydrogens is 116 g/mol. The molecule has 0 aromatic heterocycles. The van der Waals surface area contributed by atoms with E-state index in [1.807, 2.05) is 6.92 Å². The zero-order valence-electron chi connectivity index (χ0n) is 5.60. The van der Waals surface area contributed by atoms with Crippen LogP contribution in [0.25, 0.3) is 0 Å². The summed E-state index contributed by atoms with van der Waals surface area (Å²) >= 11 is 0. The summed E-state index contributed by atoms with van der Waals surface area (Å²) in [5.74, 6) is 5.35. The minimum absolute atomic E-state index is 0.271. The molecule has 0 aliphatic rings. The van der Waals surface area contributed by atoms with Crippen molar-refractivity contribution >= 4 is 6.47 Å². The van der Waals surface area contributed by atoms with E-state index in [0.29, 0.717) is 0 Å². The Hall–Kier alpha value is -0.970. The first-order valence-corrected chi connectivity index (χ1v) is 2.80. The van der Waals surface area contributed by atoms with Crippen LogP contribution in [-0.2, 0) is 9.53 Å². The van der Waals surface area contributed by atoms with Gasteiger partial charge in [-0.3, -0.25) is 0 Å². The monoisotopic (exact) mass is 125 g/mol. The van der Waals surface area contributed by atoms with Gasteiger partial charge in [0.15, 0.2) is 6.10 Å². The molecule has 0 heterocycles. The smallest absolute Gasteiger partial charge is 0.418 e. The Bertz CT molecular complexity index is 130. The van der Waals surface area contributed by atoms with Crippen LogP contribution in [0.3, 0.4) is 0 Å². The Kier molecular flexibility index (Phi) is 4.61. The number of carbonyl (C=O) groups excluding carboxylic acids is 1. The van der Waals surface area contributed by atoms with E-state index in [2.05, 4.69) is 16.6 Å². The van der Waals surface area contributed by atoms with Gasteiger partial charge in [-0.1, -0.05) is 12.8 Å². The molecule has 0 fully saturated rings. The number of ether oxygens (including phenoxy) is 1. The summed E-state index contributed by atoms with van der Waals surface area (Å²) in [6.07, 6.45) is 0.447. The largest absolute Gasteiger partial charge is 0.441 e. The molecule has 1 radical (unpaired) electrons. The Morgan fingerprint density at radius 2 is 2.33 bits per heavy atom. The first kappa shape index (κ1) is 8.03. The molecule has 0 bridgehead atoms. The highest BCUT2D eigenvalue weighted by molar-refractivity contribution is 5.39. The van der Waals surface area contributed by atoms with E-state index in [1.165, 1.54) is 6.47 Å². The van der Waals surface area contributed by atoms with Crippen LogP contribution in [0.15, 0.2) is 0 Å². The van der Waals surface area contributed by atoms with Crippen LogP contribution in [0, 0.1) is 11.8 Å². The molecule has 0 aromatic carbocycles. The molecular formula is C7H9O2. The van der Waals surface area contributed by atoms with Crippen molar-refractivity contribution in [1.29, 1.82) is 0 Å². The predicted octanol–water partition coefficient (Wildman–Crippen LogP) is 0.872. The van der Waals surface area contributed by atoms with E-state index < -0.39 is 0 Å². The third kappa shape index (κ3) is 3.60. The zero-order valence-corrected chi connectivity index (χ0v) is 5.60. The van der Waals surface area contributed by atoms with Crippen LogP contribution in [-0.4, -0.2) is 12.6 Å². The molecule has 0 amide bonds. The lowest BCUT2D eigenvalue weighted by Crippen LogP contribution is -2.06. The second-order valence-electron chi connectivity index (χ2n) is 1.49. The molecule has 2 heteroatoms. The van der Waals surface area contributed by atoms with Crippen molar-refractivity contribution in [2.24, 2.45) is 0 Å². The van der Waals surface area contributed by atoms with Crippen LogP contribution >= 0.6 is 0 Å². The summed E-state index contributed by atoms with van der Waals surface area (Å²) in [5, 5.41) is 0. The second-order valence-corrected chi connectivity index (χ2v) is 1.49. The molecule has 0 saturated carbocycles. The van der Waals surface area contributed by atoms with Crippen molar-refractivity contribution in [3.8, 4) is 11.8 Å². The lowest BCUT2D eigenvalue weighted by molar-refractivity contribution is 0.223. The van der Waals surface area contributed by atoms with Crippen LogP contribution in [0.2, 0.25) is 0 Å². The first-order valence-electron chi connectivity index (χ1n) is 2.80. The Balaban J connectivity index is 3.62. The fraction of sp³-hybridized carbons (Fsp3) is 0.571. The zero-order chi connectivity index (χ0) is 7.11. The highest BCUT2D eigenvalue weighted by Gasteiger charge is 1.98. The summed E-state index contributed by atoms with van der Waals surface area (Å²) in [6, 6.07) is 0. The summed E-state index contributed by atoms with van der Waals surface area (Å²) in [5.41, 5.74) is 0. The van der Waals surface area contributed by atoms with Crippen LogP contribution in [0.1, 0.15) is 20.3 Å². The van der Waals surface area contributed by atoms with Gasteiger partial charge in [-0.2, -0.15) is 0 Å². The van der Waals surface area contributed by atoms with Gasteiger partial charge in [-0.25, -0.2) is 4.79 Å². The molecule has 0 saturated heterocycles. The van der Waals surface area contributed by atoms with Crippen LogP contribution < -0.4 is 0 Å². The number of hydrogen-bond acceptors (Lipinski definition) is 2. The van der Waals surface area contributed by atoms with Gasteiger partial charge in [0, 0.05) is 0 Å². The molecule has 49 valence electrons. The second kappa shape index (κ2) is 5.17. The van der Waals surface area contributed by atoms with Crippen molar-refractivity contribution in [2.45, 2.75) is 26.4 Å². The maximum Gasteiger partial charge on any atom is 0.418 e. The Morgan fingerprint density at radius 3 is 2.67 bits per heavy atom. The van der Waals surface area contributed by atoms with E-state index in [0.717, 1.165) is 6.42 Å². The lowest BCUT2D eigenvalue weighted by Gasteiger charge is -2.01. The summed E-state index contributed by atoms with van der Waals surface area (Å²) in [4.78, 5) is 9.63. The molecule has 9 heavy (non-hydrogen) atoms. The van der Waals surface area contributed by atoms with E-state index >= 15 is 0 Å². The van der Waals surface area contributed by atoms with Gasteiger partial charge in [0.25, 0.3) is 0 Å². The minimum Gasteiger partial charge on any atom is -0.441 e. The molecule has 0 rings (SSSR count). The summed E-state index contributed by atoms with van der Waals surface area (Å²) in [6.45, 7) is 4.95. The number of hydrogen-bond donors (Lipinski definition) is 0. The molecule has 0 aromatic rings. The van der Waals surface area contributed by atoms with Gasteiger partial charge in [0.2, 0.25) is 0 Å². The fourth-order valence-corrected chi connectivity index (χ4v) is 0.434. The van der Waals surface area contributed by atoms with Gasteiger partial charge < -0.3 is 4.74 Å². The van der Waals surface area contributed by atoms with Crippen molar-refractivity contribution < 1.29 is 9.53 Å². The highest BCUT2D eigenvalue weighted by atomic mass is 16.5. The third-order valence-electron chi connectivity index (χ3n) is 0.866. The number of rotatable bonds is 3. The van der Waals surface area contributed by atoms with Gasteiger partial charge in [-0.05, 0) is 13.3 Å². The van der Waals surface area contributed by atoms with E-state index in [-0.39, 0.29) is 6.10 Å². The molecule has 0 spiro atoms. The molecule has 2 nitrogen and oxygen atoms in total. The van der Waals surface area contributed by atoms with Crippen LogP contribution in [0.5, 0.6) is 0 Å². The van der Waals surface area contributed by atoms with E-state index in [4.69, 9.17) is 0 Å². The van der Waals surface area contributed by atoms with Crippen LogP contribution in [0.4, 0.5) is 0 Å². The SMILES string of the molecule is CC#CC(CC)O[C]=O. The third-order valence-corrected chi connectivity index (χ3v) is 0.866. The summed E-state index contributed by atoms with van der Waals surface area (Å²) in [7, 11) is 0. The molecule has 0 aliphatic heterocycles. The van der Waals surface area contributed by atoms with E-state index in [9.17, 15) is 4.79 Å². The van der Waals surface area contributed by atoms with Crippen molar-refractivity contribution in [2.75, 3.05) is 0 Å². The maximum atomic E-state index is 9.63. The van der Waals surface area contributed by atoms with Gasteiger partial charge in [-0.15, -0.1) is 5.92 Å². The average Bonchev–Trinajstić information content (AvgIpc) is 1.88. The first-order chi connectivity index (χ1) is 4.35. The summed E-state index contributed by atoms with van der Waals surface area (Å²) < 4.78 is 4.45. The lowest BCUT2D eigenvalue weighted by atomic mass is 10.3. The van der Waals surface area contributed by atoms with Crippen molar-refractivity contribution in [3.05, 3.63) is 0 Å². The van der Waals surface area contributed by atoms with Gasteiger partial charge in [0.1, 0.15) is 0 Å². The standard InChI is InChI=1S/C7H9O2/c1-3-5-7(4-2)9-6-8/h7H,4H2,1-2H3. The predicted molar refractivity (Wildman–Crippen MR) is 34.3 cm³/mol. The molecule has 0 N–H and O–H groups in total. The molecule has 1 atom stereocenters. The minimum atomic E-state index is -0.271. The Morgan fingerprint density at radius 1 is 1.67 bits per heavy atom. The van der Waals surface area contributed by atoms with E-state index in [1.54, 1.807) is 6.92 Å². The molecule has 0 aliphatic carbocycles. The average molecular weight is 125 g/mol. The normalized spacial score (nSPS) is 10.9. The van der Waals surface area contributed by atoms with Gasteiger partial charge in [0.05, 0.1) is 0 Å². The van der Waals surface area contributed by atoms with Crippen molar-refractivity contribution in [3.63, 3.8) is 0 Å². The topological polar surface area (TPSA) is 26.3 Å². The highest BCUT2D eigenvalue weighted by Crippen LogP contribution is 1.92. The quantitative estimate of drug-likeness (QED) is 0.523. The molecule has 1 unspecified atom stereocenters. The van der Waals surface area contributed by atoms with Crippen molar-refractivity contribution in [1.82, 2.24) is 0 Å². The van der Waals surface area contributed by atoms with Gasteiger partial charge >= 0.3 is 6.47 Å². The maximum absolute atomic E-state index is 9.63. The Labute approximate surface area is 55.2 Å². The fourth-order valence-electron chi connectivity index (χ4n) is 0.434.